The van der Waals surface area contributed by atoms with Gasteiger partial charge < -0.3 is 19.5 Å². The number of hydrogen-bond acceptors (Lipinski definition) is 4. The van der Waals surface area contributed by atoms with Crippen molar-refractivity contribution in [1.29, 1.82) is 0 Å². The second-order valence-electron chi connectivity index (χ2n) is 5.47. The molecule has 24 heavy (non-hydrogen) atoms. The third kappa shape index (κ3) is 3.08. The molecule has 1 N–H and O–H groups in total. The van der Waals surface area contributed by atoms with Gasteiger partial charge in [-0.15, -0.1) is 0 Å². The van der Waals surface area contributed by atoms with E-state index in [4.69, 9.17) is 14.2 Å². The van der Waals surface area contributed by atoms with Gasteiger partial charge in [-0.3, -0.25) is 4.90 Å². The van der Waals surface area contributed by atoms with E-state index in [1.165, 1.54) is 0 Å². The van der Waals surface area contributed by atoms with E-state index >= 15 is 0 Å². The Morgan fingerprint density at radius 3 is 2.75 bits per heavy atom. The summed E-state index contributed by atoms with van der Waals surface area (Å²) >= 11 is 0. The molecule has 0 saturated carbocycles. The van der Waals surface area contributed by atoms with Crippen molar-refractivity contribution in [3.63, 3.8) is 0 Å². The molecule has 0 saturated heterocycles. The number of methoxy groups -OCH3 is 2. The average Bonchev–Trinajstić information content (AvgIpc) is 2.60. The summed E-state index contributed by atoms with van der Waals surface area (Å²) in [6.07, 6.45) is 0. The van der Waals surface area contributed by atoms with Crippen LogP contribution in [0.2, 0.25) is 0 Å². The summed E-state index contributed by atoms with van der Waals surface area (Å²) in [5.41, 5.74) is 2.39. The highest BCUT2D eigenvalue weighted by Gasteiger charge is 2.24. The van der Waals surface area contributed by atoms with E-state index in [-0.39, 0.29) is 6.03 Å². The highest BCUT2D eigenvalue weighted by atomic mass is 16.5. The van der Waals surface area contributed by atoms with Crippen LogP contribution in [0.25, 0.3) is 0 Å². The molecule has 0 fully saturated rings. The minimum Gasteiger partial charge on any atom is -0.497 e. The van der Waals surface area contributed by atoms with E-state index in [2.05, 4.69) is 5.32 Å². The number of anilines is 2. The van der Waals surface area contributed by atoms with Gasteiger partial charge in [0.2, 0.25) is 0 Å². The second-order valence-corrected chi connectivity index (χ2v) is 5.47. The molecule has 0 unspecified atom stereocenters. The summed E-state index contributed by atoms with van der Waals surface area (Å²) < 4.78 is 16.1. The molecule has 2 aromatic carbocycles. The largest absolute Gasteiger partial charge is 0.497 e. The maximum atomic E-state index is 12.8. The van der Waals surface area contributed by atoms with Gasteiger partial charge in [-0.25, -0.2) is 4.79 Å². The molecular formula is C18H20N2O4. The Kier molecular flexibility index (Phi) is 4.46. The minimum atomic E-state index is -0.239. The molecule has 2 aromatic rings. The van der Waals surface area contributed by atoms with Gasteiger partial charge in [0.1, 0.15) is 23.9 Å². The number of nitrogens with zero attached hydrogens (tertiary/aromatic N) is 1. The molecule has 0 aliphatic carbocycles. The van der Waals surface area contributed by atoms with Crippen molar-refractivity contribution in [2.75, 3.05) is 37.6 Å². The van der Waals surface area contributed by atoms with Crippen LogP contribution in [0.3, 0.4) is 0 Å². The lowest BCUT2D eigenvalue weighted by atomic mass is 10.1. The van der Waals surface area contributed by atoms with E-state index in [1.807, 2.05) is 25.1 Å². The average molecular weight is 328 g/mol. The van der Waals surface area contributed by atoms with Crippen molar-refractivity contribution in [1.82, 2.24) is 0 Å². The van der Waals surface area contributed by atoms with Crippen LogP contribution in [-0.4, -0.2) is 33.4 Å². The zero-order valence-electron chi connectivity index (χ0n) is 14.0. The first-order valence-corrected chi connectivity index (χ1v) is 7.66. The molecule has 0 aromatic heterocycles. The fraction of sp³-hybridized carbons (Fsp3) is 0.278. The Bertz CT molecular complexity index is 761. The molecule has 3 rings (SSSR count). The molecule has 0 spiro atoms. The predicted molar refractivity (Wildman–Crippen MR) is 92.6 cm³/mol. The Hall–Kier alpha value is -2.89. The van der Waals surface area contributed by atoms with Crippen LogP contribution in [0.15, 0.2) is 36.4 Å². The first-order valence-electron chi connectivity index (χ1n) is 7.66. The minimum absolute atomic E-state index is 0.239. The van der Waals surface area contributed by atoms with Gasteiger partial charge in [0.25, 0.3) is 0 Å². The van der Waals surface area contributed by atoms with Gasteiger partial charge in [-0.1, -0.05) is 6.07 Å². The lowest BCUT2D eigenvalue weighted by molar-refractivity contribution is 0.250. The molecular weight excluding hydrogens is 308 g/mol. The van der Waals surface area contributed by atoms with Crippen LogP contribution in [0.4, 0.5) is 16.2 Å². The summed E-state index contributed by atoms with van der Waals surface area (Å²) in [7, 11) is 3.14. The maximum Gasteiger partial charge on any atom is 0.326 e. The normalized spacial score (nSPS) is 12.9. The van der Waals surface area contributed by atoms with Crippen molar-refractivity contribution in [3.8, 4) is 17.2 Å². The van der Waals surface area contributed by atoms with E-state index in [0.29, 0.717) is 36.1 Å². The molecule has 0 bridgehead atoms. The molecule has 6 nitrogen and oxygen atoms in total. The van der Waals surface area contributed by atoms with Crippen LogP contribution >= 0.6 is 0 Å². The standard InChI is InChI=1S/C18H20N2O4/c1-12-4-6-17-15(10-12)20(8-9-24-17)18(21)19-14-11-13(22-2)5-7-16(14)23-3/h4-7,10-11H,8-9H2,1-3H3,(H,19,21). The van der Waals surface area contributed by atoms with Crippen molar-refractivity contribution >= 4 is 17.4 Å². The lowest BCUT2D eigenvalue weighted by Crippen LogP contribution is -2.40. The van der Waals surface area contributed by atoms with Gasteiger partial charge in [0.05, 0.1) is 32.1 Å². The molecule has 2 amide bonds. The molecule has 126 valence electrons. The van der Waals surface area contributed by atoms with Crippen LogP contribution < -0.4 is 24.4 Å². The van der Waals surface area contributed by atoms with Crippen LogP contribution in [-0.2, 0) is 0 Å². The zero-order valence-corrected chi connectivity index (χ0v) is 14.0. The van der Waals surface area contributed by atoms with Crippen molar-refractivity contribution in [2.24, 2.45) is 0 Å². The van der Waals surface area contributed by atoms with Crippen LogP contribution in [0.1, 0.15) is 5.56 Å². The molecule has 6 heteroatoms. The van der Waals surface area contributed by atoms with Crippen molar-refractivity contribution in [3.05, 3.63) is 42.0 Å². The van der Waals surface area contributed by atoms with E-state index in [1.54, 1.807) is 37.3 Å². The fourth-order valence-electron chi connectivity index (χ4n) is 2.63. The summed E-state index contributed by atoms with van der Waals surface area (Å²) in [5.74, 6) is 1.92. The Morgan fingerprint density at radius 1 is 1.17 bits per heavy atom. The van der Waals surface area contributed by atoms with Crippen molar-refractivity contribution in [2.45, 2.75) is 6.92 Å². The number of nitrogens with one attached hydrogen (secondary N) is 1. The van der Waals surface area contributed by atoms with E-state index in [9.17, 15) is 4.79 Å². The number of ether oxygens (including phenoxy) is 3. The molecule has 1 aliphatic heterocycles. The molecule has 1 heterocycles. The number of benzene rings is 2. The second kappa shape index (κ2) is 6.70. The third-order valence-corrected chi connectivity index (χ3v) is 3.87. The summed E-state index contributed by atoms with van der Waals surface area (Å²) in [5, 5.41) is 2.89. The Balaban J connectivity index is 1.88. The lowest BCUT2D eigenvalue weighted by Gasteiger charge is -2.30. The third-order valence-electron chi connectivity index (χ3n) is 3.87. The van der Waals surface area contributed by atoms with Gasteiger partial charge in [-0.05, 0) is 36.8 Å². The SMILES string of the molecule is COc1ccc(OC)c(NC(=O)N2CCOc3ccc(C)cc32)c1. The van der Waals surface area contributed by atoms with E-state index in [0.717, 1.165) is 11.3 Å². The number of aryl methyl sites for hydroxylation is 1. The molecule has 1 aliphatic rings. The topological polar surface area (TPSA) is 60.0 Å². The number of carbonyl (C=O) groups excluding carboxylic acids is 1. The van der Waals surface area contributed by atoms with Crippen LogP contribution in [0, 0.1) is 6.92 Å². The quantitative estimate of drug-likeness (QED) is 0.937. The maximum absolute atomic E-state index is 12.8. The highest BCUT2D eigenvalue weighted by Crippen LogP contribution is 2.34. The Labute approximate surface area is 140 Å². The number of rotatable bonds is 3. The first kappa shape index (κ1) is 16.0. The summed E-state index contributed by atoms with van der Waals surface area (Å²) in [6, 6.07) is 10.8. The van der Waals surface area contributed by atoms with Crippen LogP contribution in [0.5, 0.6) is 17.2 Å². The van der Waals surface area contributed by atoms with Gasteiger partial charge in [-0.2, -0.15) is 0 Å². The smallest absolute Gasteiger partial charge is 0.326 e. The van der Waals surface area contributed by atoms with Gasteiger partial charge in [0.15, 0.2) is 0 Å². The summed E-state index contributed by atoms with van der Waals surface area (Å²) in [6.45, 7) is 2.92. The Morgan fingerprint density at radius 2 is 2.00 bits per heavy atom. The zero-order chi connectivity index (χ0) is 17.1. The number of urea groups is 1. The highest BCUT2D eigenvalue weighted by molar-refractivity contribution is 6.03. The molecule has 0 atom stereocenters. The number of fused-ring (bicyclic) bond motifs is 1. The summed E-state index contributed by atoms with van der Waals surface area (Å²) in [4.78, 5) is 14.4. The number of hydrogen-bond donors (Lipinski definition) is 1. The van der Waals surface area contributed by atoms with E-state index < -0.39 is 0 Å². The van der Waals surface area contributed by atoms with Crippen molar-refractivity contribution < 1.29 is 19.0 Å². The number of carbonyl (C=O) groups is 1. The first-order chi connectivity index (χ1) is 11.6. The molecule has 0 radical (unpaired) electrons. The van der Waals surface area contributed by atoms with Gasteiger partial charge >= 0.3 is 6.03 Å². The number of amides is 2. The monoisotopic (exact) mass is 328 g/mol. The predicted octanol–water partition coefficient (Wildman–Crippen LogP) is 3.44. The fourth-order valence-corrected chi connectivity index (χ4v) is 2.63. The van der Waals surface area contributed by atoms with Gasteiger partial charge in [0, 0.05) is 6.07 Å².